The Kier molecular flexibility index (Phi) is 5.52. The molecule has 0 radical (unpaired) electrons. The summed E-state index contributed by atoms with van der Waals surface area (Å²) < 4.78 is 5.98. The Balaban J connectivity index is 1.27. The second-order valence-electron chi connectivity index (χ2n) is 8.76. The second kappa shape index (κ2) is 8.61. The van der Waals surface area contributed by atoms with Gasteiger partial charge in [0.25, 0.3) is 0 Å². The van der Waals surface area contributed by atoms with Crippen LogP contribution in [0, 0.1) is 10.8 Å². The van der Waals surface area contributed by atoms with Gasteiger partial charge in [0.2, 0.25) is 0 Å². The van der Waals surface area contributed by atoms with E-state index in [-0.39, 0.29) is 6.42 Å². The van der Waals surface area contributed by atoms with Gasteiger partial charge >= 0.3 is 5.97 Å². The monoisotopic (exact) mass is 430 g/mol. The van der Waals surface area contributed by atoms with Gasteiger partial charge < -0.3 is 14.5 Å². The van der Waals surface area contributed by atoms with Gasteiger partial charge in [-0.3, -0.25) is 4.79 Å². The zero-order valence-electron chi connectivity index (χ0n) is 17.8. The van der Waals surface area contributed by atoms with E-state index in [9.17, 15) is 14.8 Å². The Labute approximate surface area is 185 Å². The molecule has 32 heavy (non-hydrogen) atoms. The number of H-pyrrole nitrogens is 1. The summed E-state index contributed by atoms with van der Waals surface area (Å²) in [5, 5.41) is 15.3. The van der Waals surface area contributed by atoms with Crippen molar-refractivity contribution < 1.29 is 14.3 Å². The van der Waals surface area contributed by atoms with E-state index in [1.54, 1.807) is 0 Å². The van der Waals surface area contributed by atoms with E-state index in [2.05, 4.69) is 16.2 Å². The van der Waals surface area contributed by atoms with Gasteiger partial charge in [0, 0.05) is 34.5 Å². The van der Waals surface area contributed by atoms with Crippen LogP contribution in [0.25, 0.3) is 21.9 Å². The van der Waals surface area contributed by atoms with Crippen LogP contribution >= 0.6 is 0 Å². The summed E-state index contributed by atoms with van der Waals surface area (Å²) in [4.78, 5) is 26.9. The molecule has 0 aliphatic heterocycles. The summed E-state index contributed by atoms with van der Waals surface area (Å²) in [6, 6.07) is 13.1. The number of para-hydroxylation sites is 1. The number of carbonyl (C=O) groups is 1. The summed E-state index contributed by atoms with van der Waals surface area (Å²) in [6.45, 7) is 0. The van der Waals surface area contributed by atoms with E-state index in [0.717, 1.165) is 59.9 Å². The van der Waals surface area contributed by atoms with Gasteiger partial charge in [-0.2, -0.15) is 4.91 Å². The fraction of sp³-hybridized carbons (Fsp3) is 0.346. The van der Waals surface area contributed by atoms with Crippen molar-refractivity contribution in [2.24, 2.45) is 11.1 Å². The molecule has 2 aromatic carbocycles. The van der Waals surface area contributed by atoms with Crippen LogP contribution in [0.4, 0.5) is 0 Å². The average molecular weight is 431 g/mol. The predicted molar refractivity (Wildman–Crippen MR) is 124 cm³/mol. The van der Waals surface area contributed by atoms with Gasteiger partial charge in [-0.05, 0) is 61.8 Å². The van der Waals surface area contributed by atoms with E-state index in [1.807, 2.05) is 42.6 Å². The van der Waals surface area contributed by atoms with Gasteiger partial charge in [-0.1, -0.05) is 35.5 Å². The third-order valence-electron chi connectivity index (χ3n) is 6.77. The van der Waals surface area contributed by atoms with Crippen molar-refractivity contribution in [3.63, 3.8) is 0 Å². The average Bonchev–Trinajstić information content (AvgIpc) is 3.50. The Bertz CT molecular complexity index is 1290. The van der Waals surface area contributed by atoms with E-state index >= 15 is 0 Å². The highest BCUT2D eigenvalue weighted by molar-refractivity contribution is 5.84. The molecule has 0 saturated heterocycles. The number of aliphatic carboxylic acids is 1. The van der Waals surface area contributed by atoms with Crippen LogP contribution in [0.5, 0.6) is 0 Å². The topological polar surface area (TPSA) is 95.7 Å². The molecule has 2 aromatic heterocycles. The molecule has 2 heterocycles. The third kappa shape index (κ3) is 3.81. The lowest BCUT2D eigenvalue weighted by Gasteiger charge is -2.16. The first-order chi connectivity index (χ1) is 15.6. The number of carboxylic acid groups (broad SMARTS) is 1. The molecule has 6 heteroatoms. The Hall–Kier alpha value is -3.41. The number of fused-ring (bicyclic) bond motifs is 4. The third-order valence-corrected chi connectivity index (χ3v) is 6.77. The minimum absolute atomic E-state index is 0.193. The molecule has 1 aliphatic carbocycles. The summed E-state index contributed by atoms with van der Waals surface area (Å²) in [7, 11) is 0. The largest absolute Gasteiger partial charge is 0.481 e. The first-order valence-corrected chi connectivity index (χ1v) is 11.3. The molecule has 0 spiro atoms. The summed E-state index contributed by atoms with van der Waals surface area (Å²) in [6.07, 6.45) is 7.29. The lowest BCUT2D eigenvalue weighted by molar-refractivity contribution is -0.142. The number of hydrogen-bond donors (Lipinski definition) is 2. The summed E-state index contributed by atoms with van der Waals surface area (Å²) in [5.74, 6) is -0.468. The smallest absolute Gasteiger partial charge is 0.306 e. The van der Waals surface area contributed by atoms with Gasteiger partial charge in [0.05, 0.1) is 5.92 Å². The van der Waals surface area contributed by atoms with Crippen LogP contribution in [0.15, 0.2) is 58.3 Å². The highest BCUT2D eigenvalue weighted by Crippen LogP contribution is 2.36. The molecule has 5 rings (SSSR count). The molecule has 0 amide bonds. The molecule has 4 aromatic rings. The van der Waals surface area contributed by atoms with Crippen molar-refractivity contribution in [3.05, 3.63) is 76.0 Å². The molecule has 2 N–H and O–H groups in total. The molecule has 2 unspecified atom stereocenters. The summed E-state index contributed by atoms with van der Waals surface area (Å²) in [5.41, 5.74) is 5.03. The molecule has 0 bridgehead atoms. The minimum Gasteiger partial charge on any atom is -0.481 e. The molecule has 1 aliphatic rings. The van der Waals surface area contributed by atoms with Gasteiger partial charge in [-0.15, -0.1) is 0 Å². The SMILES string of the molecule is O=NC(CC(CCCc1c[nH]c2ccccc12)C(=O)O)c1ccc2c3c(oc2c1)CCC3. The van der Waals surface area contributed by atoms with Crippen molar-refractivity contribution in [2.75, 3.05) is 0 Å². The van der Waals surface area contributed by atoms with Crippen LogP contribution in [0.1, 0.15) is 54.2 Å². The molecular formula is C26H26N2O4. The first-order valence-electron chi connectivity index (χ1n) is 11.3. The van der Waals surface area contributed by atoms with Crippen molar-refractivity contribution in [1.82, 2.24) is 4.98 Å². The summed E-state index contributed by atoms with van der Waals surface area (Å²) >= 11 is 0. The number of carboxylic acids is 1. The number of benzene rings is 2. The first kappa shape index (κ1) is 20.5. The zero-order valence-corrected chi connectivity index (χ0v) is 17.8. The van der Waals surface area contributed by atoms with E-state index in [4.69, 9.17) is 4.42 Å². The maximum atomic E-state index is 11.9. The molecule has 0 fully saturated rings. The van der Waals surface area contributed by atoms with E-state index in [0.29, 0.717) is 6.42 Å². The maximum absolute atomic E-state index is 11.9. The Morgan fingerprint density at radius 3 is 2.88 bits per heavy atom. The highest BCUT2D eigenvalue weighted by Gasteiger charge is 2.26. The number of nitrogens with zero attached hydrogens (tertiary/aromatic N) is 1. The normalized spacial score (nSPS) is 15.1. The van der Waals surface area contributed by atoms with Crippen molar-refractivity contribution in [1.29, 1.82) is 0 Å². The Morgan fingerprint density at radius 1 is 1.16 bits per heavy atom. The predicted octanol–water partition coefficient (Wildman–Crippen LogP) is 6.32. The standard InChI is InChI=1S/C26H26N2O4/c29-26(30)17(5-3-6-18-15-27-22-9-2-1-7-19(18)22)13-23(28-31)16-11-12-21-20-8-4-10-24(20)32-25(21)14-16/h1-2,7,9,11-12,14-15,17,23,27H,3-6,8,10,13H2,(H,29,30). The zero-order chi connectivity index (χ0) is 22.1. The van der Waals surface area contributed by atoms with Gasteiger partial charge in [0.15, 0.2) is 0 Å². The van der Waals surface area contributed by atoms with Crippen molar-refractivity contribution in [3.8, 4) is 0 Å². The lowest BCUT2D eigenvalue weighted by Crippen LogP contribution is -2.17. The lowest BCUT2D eigenvalue weighted by atomic mass is 9.90. The second-order valence-corrected chi connectivity index (χ2v) is 8.76. The van der Waals surface area contributed by atoms with Crippen molar-refractivity contribution >= 4 is 27.8 Å². The van der Waals surface area contributed by atoms with Gasteiger partial charge in [-0.25, -0.2) is 0 Å². The fourth-order valence-corrected chi connectivity index (χ4v) is 5.06. The number of nitrogens with one attached hydrogen (secondary N) is 1. The maximum Gasteiger partial charge on any atom is 0.306 e. The number of aryl methyl sites for hydroxylation is 3. The molecule has 6 nitrogen and oxygen atoms in total. The molecular weight excluding hydrogens is 404 g/mol. The number of hydrogen-bond acceptors (Lipinski definition) is 4. The van der Waals surface area contributed by atoms with Crippen LogP contribution in [0.3, 0.4) is 0 Å². The van der Waals surface area contributed by atoms with Crippen LogP contribution in [0.2, 0.25) is 0 Å². The number of furan rings is 1. The number of nitroso groups, excluding NO2 is 1. The highest BCUT2D eigenvalue weighted by atomic mass is 16.4. The van der Waals surface area contributed by atoms with Crippen LogP contribution in [-0.4, -0.2) is 16.1 Å². The number of aromatic nitrogens is 1. The molecule has 0 saturated carbocycles. The van der Waals surface area contributed by atoms with E-state index < -0.39 is 17.9 Å². The molecule has 2 atom stereocenters. The Morgan fingerprint density at radius 2 is 2.03 bits per heavy atom. The minimum atomic E-state index is -0.879. The quantitative estimate of drug-likeness (QED) is 0.304. The van der Waals surface area contributed by atoms with Gasteiger partial charge in [0.1, 0.15) is 17.4 Å². The fourth-order valence-electron chi connectivity index (χ4n) is 5.06. The van der Waals surface area contributed by atoms with E-state index in [1.165, 1.54) is 16.5 Å². The van der Waals surface area contributed by atoms with Crippen LogP contribution < -0.4 is 0 Å². The van der Waals surface area contributed by atoms with Crippen molar-refractivity contribution in [2.45, 2.75) is 51.0 Å². The number of rotatable bonds is 9. The molecule has 164 valence electrons. The number of aromatic amines is 1. The van der Waals surface area contributed by atoms with Crippen LogP contribution in [-0.2, 0) is 24.1 Å².